The van der Waals surface area contributed by atoms with Crippen LogP contribution >= 0.6 is 11.8 Å². The second-order valence-corrected chi connectivity index (χ2v) is 11.4. The van der Waals surface area contributed by atoms with Crippen LogP contribution in [0.5, 0.6) is 5.75 Å². The van der Waals surface area contributed by atoms with Crippen LogP contribution in [0.15, 0.2) is 47.9 Å². The van der Waals surface area contributed by atoms with Gasteiger partial charge in [-0.25, -0.2) is 0 Å². The predicted octanol–water partition coefficient (Wildman–Crippen LogP) is 1.55. The van der Waals surface area contributed by atoms with Gasteiger partial charge in [0.2, 0.25) is 11.8 Å². The van der Waals surface area contributed by atoms with Crippen LogP contribution in [0, 0.1) is 6.92 Å². The van der Waals surface area contributed by atoms with Crippen molar-refractivity contribution in [2.24, 2.45) is 11.5 Å². The summed E-state index contributed by atoms with van der Waals surface area (Å²) >= 11 is 1.33. The molecule has 0 saturated carbocycles. The van der Waals surface area contributed by atoms with E-state index in [1.807, 2.05) is 13.0 Å². The SMILES string of the molecule is C=CC(=O)N1CCCC(NC(=O)C2Sc3c(N)ccc4c3C2C(N)C(=O)C4(N)c2ccc(OC)cc2C)C1. The minimum atomic E-state index is -1.50. The van der Waals surface area contributed by atoms with Gasteiger partial charge in [-0.15, -0.1) is 11.8 Å². The monoisotopic (exact) mass is 535 g/mol. The van der Waals surface area contributed by atoms with Gasteiger partial charge < -0.3 is 32.2 Å². The Kier molecular flexibility index (Phi) is 6.75. The Bertz CT molecular complexity index is 1350. The molecule has 3 aliphatic rings. The number of benzene rings is 2. The minimum absolute atomic E-state index is 0.156. The van der Waals surface area contributed by atoms with Gasteiger partial charge in [0.25, 0.3) is 0 Å². The van der Waals surface area contributed by atoms with Gasteiger partial charge in [0.05, 0.1) is 18.4 Å². The third kappa shape index (κ3) is 3.98. The number of Topliss-reactive ketones (excluding diaryl/α,β-unsaturated/α-hetero) is 1. The highest BCUT2D eigenvalue weighted by Gasteiger charge is 2.57. The van der Waals surface area contributed by atoms with Crippen LogP contribution in [0.1, 0.15) is 41.0 Å². The van der Waals surface area contributed by atoms with Crippen molar-refractivity contribution in [3.05, 3.63) is 65.2 Å². The van der Waals surface area contributed by atoms with Gasteiger partial charge in [0, 0.05) is 35.6 Å². The van der Waals surface area contributed by atoms with E-state index in [1.165, 1.54) is 17.8 Å². The van der Waals surface area contributed by atoms with Crippen LogP contribution < -0.4 is 27.3 Å². The van der Waals surface area contributed by atoms with E-state index in [0.717, 1.165) is 28.9 Å². The van der Waals surface area contributed by atoms with Gasteiger partial charge >= 0.3 is 0 Å². The summed E-state index contributed by atoms with van der Waals surface area (Å²) in [5.41, 5.74) is 21.9. The number of rotatable bonds is 5. The number of aryl methyl sites for hydroxylation is 1. The molecule has 5 atom stereocenters. The second-order valence-electron chi connectivity index (χ2n) is 10.2. The number of amides is 2. The fraction of sp³-hybridized carbons (Fsp3) is 0.393. The van der Waals surface area contributed by atoms with E-state index >= 15 is 0 Å². The topological polar surface area (TPSA) is 154 Å². The lowest BCUT2D eigenvalue weighted by atomic mass is 9.64. The Morgan fingerprint density at radius 2 is 2.00 bits per heavy atom. The van der Waals surface area contributed by atoms with E-state index in [0.29, 0.717) is 35.7 Å². The molecule has 2 heterocycles. The van der Waals surface area contributed by atoms with Crippen molar-refractivity contribution in [2.45, 2.75) is 53.5 Å². The molecule has 0 spiro atoms. The van der Waals surface area contributed by atoms with E-state index in [1.54, 1.807) is 36.3 Å². The lowest BCUT2D eigenvalue weighted by Gasteiger charge is -2.42. The molecule has 5 rings (SSSR count). The molecule has 7 N–H and O–H groups in total. The average Bonchev–Trinajstić information content (AvgIpc) is 3.33. The maximum atomic E-state index is 14.0. The molecule has 9 nitrogen and oxygen atoms in total. The fourth-order valence-corrected chi connectivity index (χ4v) is 7.57. The van der Waals surface area contributed by atoms with Gasteiger partial charge in [-0.2, -0.15) is 0 Å². The third-order valence-corrected chi connectivity index (χ3v) is 9.46. The third-order valence-electron chi connectivity index (χ3n) is 8.00. The zero-order valence-corrected chi connectivity index (χ0v) is 22.3. The highest BCUT2D eigenvalue weighted by Crippen LogP contribution is 2.56. The maximum Gasteiger partial charge on any atom is 0.246 e. The number of nitrogens with zero attached hydrogens (tertiary/aromatic N) is 1. The summed E-state index contributed by atoms with van der Waals surface area (Å²) < 4.78 is 5.34. The summed E-state index contributed by atoms with van der Waals surface area (Å²) in [5.74, 6) is -0.651. The number of nitrogens with one attached hydrogen (secondary N) is 1. The predicted molar refractivity (Wildman–Crippen MR) is 147 cm³/mol. The van der Waals surface area contributed by atoms with Gasteiger partial charge in [0.15, 0.2) is 5.78 Å². The van der Waals surface area contributed by atoms with Crippen LogP contribution in [0.3, 0.4) is 0 Å². The van der Waals surface area contributed by atoms with Crippen LogP contribution in [-0.2, 0) is 19.9 Å². The van der Waals surface area contributed by atoms with Crippen molar-refractivity contribution in [1.82, 2.24) is 10.2 Å². The van der Waals surface area contributed by atoms with Crippen molar-refractivity contribution >= 4 is 35.0 Å². The molecule has 38 heavy (non-hydrogen) atoms. The molecule has 10 heteroatoms. The molecule has 2 aliphatic heterocycles. The number of carbonyl (C=O) groups excluding carboxylic acids is 3. The number of nitrogen functional groups attached to an aromatic ring is 1. The average molecular weight is 536 g/mol. The number of carbonyl (C=O) groups is 3. The number of methoxy groups -OCH3 is 1. The number of anilines is 1. The number of hydrogen-bond acceptors (Lipinski definition) is 8. The molecular weight excluding hydrogens is 502 g/mol. The molecule has 2 amide bonds. The Hall–Kier alpha value is -3.34. The standard InChI is InChI=1S/C28H33N5O4S/c1-4-20(34)33-11-5-6-15(13-33)32-27(36)25-22-21-18(9-10-19(29)24(21)38-25)28(31,26(35)23(22)30)17-8-7-16(37-3)12-14(17)2/h4,7-10,12,15,22-23,25H,1,5-6,11,13,29-31H2,2-3H3,(H,32,36). The highest BCUT2D eigenvalue weighted by molar-refractivity contribution is 8.01. The normalized spacial score (nSPS) is 28.0. The Balaban J connectivity index is 1.51. The van der Waals surface area contributed by atoms with Gasteiger partial charge in [-0.1, -0.05) is 18.7 Å². The summed E-state index contributed by atoms with van der Waals surface area (Å²) in [7, 11) is 1.58. The van der Waals surface area contributed by atoms with Crippen molar-refractivity contribution in [2.75, 3.05) is 25.9 Å². The first-order valence-electron chi connectivity index (χ1n) is 12.7. The van der Waals surface area contributed by atoms with Gasteiger partial charge in [0.1, 0.15) is 11.3 Å². The Labute approximate surface area is 226 Å². The Morgan fingerprint density at radius 3 is 2.68 bits per heavy atom. The second kappa shape index (κ2) is 9.76. The highest BCUT2D eigenvalue weighted by atomic mass is 32.2. The van der Waals surface area contributed by atoms with Crippen LogP contribution in [0.2, 0.25) is 0 Å². The summed E-state index contributed by atoms with van der Waals surface area (Å²) in [6, 6.07) is 7.72. The fourth-order valence-electron chi connectivity index (χ4n) is 6.11. The lowest BCUT2D eigenvalue weighted by Crippen LogP contribution is -2.61. The van der Waals surface area contributed by atoms with Gasteiger partial charge in [-0.05, 0) is 66.3 Å². The smallest absolute Gasteiger partial charge is 0.246 e. The first-order valence-corrected chi connectivity index (χ1v) is 13.5. The maximum absolute atomic E-state index is 14.0. The number of ketones is 1. The molecule has 1 saturated heterocycles. The molecule has 2 aromatic carbocycles. The molecular formula is C28H33N5O4S. The molecule has 200 valence electrons. The number of hydrogen-bond donors (Lipinski definition) is 4. The first-order chi connectivity index (χ1) is 18.1. The van der Waals surface area contributed by atoms with Crippen LogP contribution in [0.25, 0.3) is 0 Å². The summed E-state index contributed by atoms with van der Waals surface area (Å²) in [5, 5.41) is 2.45. The molecule has 5 unspecified atom stereocenters. The van der Waals surface area contributed by atoms with Crippen molar-refractivity contribution < 1.29 is 19.1 Å². The van der Waals surface area contributed by atoms with E-state index < -0.39 is 22.7 Å². The molecule has 0 aromatic heterocycles. The largest absolute Gasteiger partial charge is 0.497 e. The first kappa shape index (κ1) is 26.3. The van der Waals surface area contributed by atoms with Crippen molar-refractivity contribution in [3.8, 4) is 5.75 Å². The number of nitrogens with two attached hydrogens (primary N) is 3. The van der Waals surface area contributed by atoms with E-state index in [2.05, 4.69) is 11.9 Å². The number of thioether (sulfide) groups is 1. The molecule has 2 aromatic rings. The minimum Gasteiger partial charge on any atom is -0.497 e. The zero-order valence-electron chi connectivity index (χ0n) is 21.5. The van der Waals surface area contributed by atoms with Gasteiger partial charge in [-0.3, -0.25) is 14.4 Å². The van der Waals surface area contributed by atoms with Crippen molar-refractivity contribution in [1.29, 1.82) is 0 Å². The molecule has 0 radical (unpaired) electrons. The summed E-state index contributed by atoms with van der Waals surface area (Å²) in [6.07, 6.45) is 2.81. The quantitative estimate of drug-likeness (QED) is 0.332. The van der Waals surface area contributed by atoms with E-state index in [-0.39, 0.29) is 23.6 Å². The molecule has 0 bridgehead atoms. The molecule has 1 aliphatic carbocycles. The van der Waals surface area contributed by atoms with E-state index in [4.69, 9.17) is 21.9 Å². The van der Waals surface area contributed by atoms with Crippen LogP contribution in [0.4, 0.5) is 5.69 Å². The summed E-state index contributed by atoms with van der Waals surface area (Å²) in [6.45, 7) is 6.48. The lowest BCUT2D eigenvalue weighted by molar-refractivity contribution is -0.129. The van der Waals surface area contributed by atoms with Crippen LogP contribution in [-0.4, -0.2) is 60.0 Å². The number of ether oxygens (including phenoxy) is 1. The number of likely N-dealkylation sites (tertiary alicyclic amines) is 1. The van der Waals surface area contributed by atoms with E-state index in [9.17, 15) is 14.4 Å². The molecule has 1 fully saturated rings. The zero-order chi connectivity index (χ0) is 27.4. The number of piperidine rings is 1. The summed E-state index contributed by atoms with van der Waals surface area (Å²) in [4.78, 5) is 42.2. The Morgan fingerprint density at radius 1 is 1.26 bits per heavy atom. The van der Waals surface area contributed by atoms with Crippen molar-refractivity contribution in [3.63, 3.8) is 0 Å².